The summed E-state index contributed by atoms with van der Waals surface area (Å²) in [6.07, 6.45) is 2.63. The van der Waals surface area contributed by atoms with E-state index >= 15 is 0 Å². The van der Waals surface area contributed by atoms with Crippen molar-refractivity contribution < 1.29 is 9.13 Å². The van der Waals surface area contributed by atoms with E-state index in [2.05, 4.69) is 6.07 Å². The highest BCUT2D eigenvalue weighted by Crippen LogP contribution is 2.26. The summed E-state index contributed by atoms with van der Waals surface area (Å²) in [6.45, 7) is 6.22. The van der Waals surface area contributed by atoms with Crippen molar-refractivity contribution in [1.82, 2.24) is 0 Å². The number of nitriles is 1. The largest absolute Gasteiger partial charge is 0.493 e. The maximum Gasteiger partial charge on any atom is 0.124 e. The van der Waals surface area contributed by atoms with Crippen molar-refractivity contribution >= 4 is 0 Å². The number of halogens is 1. The summed E-state index contributed by atoms with van der Waals surface area (Å²) in [4.78, 5) is 0. The minimum atomic E-state index is -0.305. The van der Waals surface area contributed by atoms with Crippen LogP contribution in [0.5, 0.6) is 5.75 Å². The smallest absolute Gasteiger partial charge is 0.124 e. The maximum atomic E-state index is 13.2. The van der Waals surface area contributed by atoms with Crippen LogP contribution in [-0.4, -0.2) is 6.61 Å². The van der Waals surface area contributed by atoms with Crippen molar-refractivity contribution in [3.05, 3.63) is 29.6 Å². The monoisotopic (exact) mass is 278 g/mol. The molecule has 3 nitrogen and oxygen atoms in total. The molecular formula is C16H23FN2O. The van der Waals surface area contributed by atoms with Crippen molar-refractivity contribution in [3.8, 4) is 11.8 Å². The van der Waals surface area contributed by atoms with Crippen molar-refractivity contribution in [2.75, 3.05) is 6.61 Å². The van der Waals surface area contributed by atoms with Gasteiger partial charge >= 0.3 is 0 Å². The number of nitrogens with two attached hydrogens (primary N) is 1. The number of unbranched alkanes of at least 4 members (excludes halogenated alkanes) is 1. The van der Waals surface area contributed by atoms with E-state index in [1.807, 2.05) is 13.8 Å². The van der Waals surface area contributed by atoms with Gasteiger partial charge in [-0.25, -0.2) is 4.39 Å². The lowest BCUT2D eigenvalue weighted by atomic mass is 9.89. The van der Waals surface area contributed by atoms with E-state index < -0.39 is 0 Å². The molecule has 0 aliphatic heterocycles. The molecular weight excluding hydrogens is 255 g/mol. The van der Waals surface area contributed by atoms with Gasteiger partial charge in [-0.2, -0.15) is 5.26 Å². The normalized spacial score (nSPS) is 12.8. The fraction of sp³-hybridized carbons (Fsp3) is 0.562. The second kappa shape index (κ2) is 7.25. The minimum absolute atomic E-state index is 0.266. The second-order valence-corrected chi connectivity index (χ2v) is 5.77. The molecule has 0 bridgehead atoms. The third-order valence-electron chi connectivity index (χ3n) is 3.22. The molecule has 1 rings (SSSR count). The molecule has 0 saturated heterocycles. The lowest BCUT2D eigenvalue weighted by molar-refractivity contribution is 0.291. The van der Waals surface area contributed by atoms with Gasteiger partial charge in [0.25, 0.3) is 0 Å². The van der Waals surface area contributed by atoms with E-state index in [0.717, 1.165) is 19.3 Å². The van der Waals surface area contributed by atoms with Crippen LogP contribution in [0, 0.1) is 22.6 Å². The fourth-order valence-corrected chi connectivity index (χ4v) is 1.91. The van der Waals surface area contributed by atoms with Gasteiger partial charge in [-0.05, 0) is 58.2 Å². The highest BCUT2D eigenvalue weighted by molar-refractivity contribution is 5.36. The lowest BCUT2D eigenvalue weighted by Crippen LogP contribution is -2.10. The van der Waals surface area contributed by atoms with Crippen molar-refractivity contribution in [1.29, 1.82) is 5.26 Å². The Labute approximate surface area is 120 Å². The summed E-state index contributed by atoms with van der Waals surface area (Å²) in [7, 11) is 0. The zero-order valence-corrected chi connectivity index (χ0v) is 12.4. The molecule has 0 aliphatic carbocycles. The summed E-state index contributed by atoms with van der Waals surface area (Å²) in [5.41, 5.74) is 6.20. The van der Waals surface area contributed by atoms with Crippen molar-refractivity contribution in [3.63, 3.8) is 0 Å². The van der Waals surface area contributed by atoms with Gasteiger partial charge in [0.2, 0.25) is 0 Å². The van der Waals surface area contributed by atoms with Crippen LogP contribution in [0.1, 0.15) is 51.6 Å². The Morgan fingerprint density at radius 3 is 2.70 bits per heavy atom. The first-order valence-corrected chi connectivity index (χ1v) is 6.95. The zero-order chi connectivity index (χ0) is 15.2. The van der Waals surface area contributed by atoms with Crippen molar-refractivity contribution in [2.24, 2.45) is 11.1 Å². The summed E-state index contributed by atoms with van der Waals surface area (Å²) in [5.74, 6) is 0.335. The average Bonchev–Trinajstić information content (AvgIpc) is 2.39. The summed E-state index contributed by atoms with van der Waals surface area (Å²) >= 11 is 0. The Hall–Kier alpha value is -1.60. The Balaban J connectivity index is 2.45. The van der Waals surface area contributed by atoms with Crippen LogP contribution in [-0.2, 0) is 0 Å². The Morgan fingerprint density at radius 2 is 2.10 bits per heavy atom. The molecule has 20 heavy (non-hydrogen) atoms. The highest BCUT2D eigenvalue weighted by atomic mass is 19.1. The van der Waals surface area contributed by atoms with E-state index in [1.54, 1.807) is 13.0 Å². The number of nitrogens with zero attached hydrogens (tertiary/aromatic N) is 1. The van der Waals surface area contributed by atoms with Crippen LogP contribution in [0.15, 0.2) is 18.2 Å². The molecule has 4 heteroatoms. The number of benzene rings is 1. The average molecular weight is 278 g/mol. The molecule has 1 aromatic carbocycles. The Kier molecular flexibility index (Phi) is 5.97. The van der Waals surface area contributed by atoms with Gasteiger partial charge in [-0.15, -0.1) is 0 Å². The summed E-state index contributed by atoms with van der Waals surface area (Å²) < 4.78 is 18.9. The number of hydrogen-bond donors (Lipinski definition) is 1. The van der Waals surface area contributed by atoms with Crippen LogP contribution in [0.4, 0.5) is 4.39 Å². The quantitative estimate of drug-likeness (QED) is 0.768. The predicted molar refractivity (Wildman–Crippen MR) is 77.7 cm³/mol. The molecule has 0 aliphatic rings. The van der Waals surface area contributed by atoms with Crippen molar-refractivity contribution in [2.45, 2.75) is 46.1 Å². The SMILES string of the molecule is C[C@@H](N)c1cc(F)ccc1OCCCCC(C)(C)C#N. The predicted octanol–water partition coefficient (Wildman–Crippen LogP) is 3.94. The van der Waals surface area contributed by atoms with Gasteiger partial charge in [-0.1, -0.05) is 0 Å². The molecule has 0 spiro atoms. The molecule has 0 radical (unpaired) electrons. The van der Waals surface area contributed by atoms with Crippen LogP contribution in [0.25, 0.3) is 0 Å². The first kappa shape index (κ1) is 16.5. The van der Waals surface area contributed by atoms with Gasteiger partial charge in [0.05, 0.1) is 18.1 Å². The van der Waals surface area contributed by atoms with E-state index in [1.165, 1.54) is 12.1 Å². The van der Waals surface area contributed by atoms with Crippen LogP contribution in [0.2, 0.25) is 0 Å². The minimum Gasteiger partial charge on any atom is -0.493 e. The van der Waals surface area contributed by atoms with Crippen LogP contribution in [0.3, 0.4) is 0 Å². The molecule has 1 aromatic rings. The molecule has 0 aromatic heterocycles. The van der Waals surface area contributed by atoms with E-state index in [4.69, 9.17) is 15.7 Å². The highest BCUT2D eigenvalue weighted by Gasteiger charge is 2.15. The van der Waals surface area contributed by atoms with E-state index in [-0.39, 0.29) is 17.3 Å². The third-order valence-corrected chi connectivity index (χ3v) is 3.22. The molecule has 2 N–H and O–H groups in total. The molecule has 0 saturated carbocycles. The molecule has 0 fully saturated rings. The lowest BCUT2D eigenvalue weighted by Gasteiger charge is -2.16. The standard InChI is InChI=1S/C16H23FN2O/c1-12(19)14-10-13(17)6-7-15(14)20-9-5-4-8-16(2,3)11-18/h6-7,10,12H,4-5,8-9,19H2,1-3H3/t12-/m1/s1. The van der Waals surface area contributed by atoms with E-state index in [9.17, 15) is 4.39 Å². The first-order chi connectivity index (χ1) is 9.35. The van der Waals surface area contributed by atoms with Crippen LogP contribution >= 0.6 is 0 Å². The Morgan fingerprint density at radius 1 is 1.40 bits per heavy atom. The van der Waals surface area contributed by atoms with Gasteiger partial charge in [0.15, 0.2) is 0 Å². The number of ether oxygens (including phenoxy) is 1. The van der Waals surface area contributed by atoms with Crippen LogP contribution < -0.4 is 10.5 Å². The molecule has 1 atom stereocenters. The van der Waals surface area contributed by atoms with Gasteiger partial charge in [-0.3, -0.25) is 0 Å². The van der Waals surface area contributed by atoms with Gasteiger partial charge in [0.1, 0.15) is 11.6 Å². The molecule has 0 amide bonds. The summed E-state index contributed by atoms with van der Waals surface area (Å²) in [5, 5.41) is 8.92. The maximum absolute atomic E-state index is 13.2. The molecule has 0 heterocycles. The topological polar surface area (TPSA) is 59.0 Å². The zero-order valence-electron chi connectivity index (χ0n) is 12.4. The molecule has 110 valence electrons. The van der Waals surface area contributed by atoms with Gasteiger partial charge < -0.3 is 10.5 Å². The summed E-state index contributed by atoms with van der Waals surface area (Å²) in [6, 6.07) is 6.42. The molecule has 0 unspecified atom stereocenters. The van der Waals surface area contributed by atoms with Gasteiger partial charge in [0, 0.05) is 11.6 Å². The number of rotatable bonds is 7. The number of hydrogen-bond acceptors (Lipinski definition) is 3. The second-order valence-electron chi connectivity index (χ2n) is 5.77. The third kappa shape index (κ3) is 5.18. The fourth-order valence-electron chi connectivity index (χ4n) is 1.91. The van der Waals surface area contributed by atoms with E-state index in [0.29, 0.717) is 17.9 Å². The Bertz CT molecular complexity index is 478. The first-order valence-electron chi connectivity index (χ1n) is 6.95.